The van der Waals surface area contributed by atoms with E-state index in [0.717, 1.165) is 0 Å². The van der Waals surface area contributed by atoms with Gasteiger partial charge in [-0.05, 0) is 24.3 Å². The lowest BCUT2D eigenvalue weighted by Gasteiger charge is -2.09. The van der Waals surface area contributed by atoms with E-state index in [2.05, 4.69) is 9.71 Å². The molecule has 4 rings (SSSR count). The molecular weight excluding hydrogens is 332 g/mol. The van der Waals surface area contributed by atoms with Crippen LogP contribution in [0.15, 0.2) is 63.0 Å². The number of sulfonamides is 1. The summed E-state index contributed by atoms with van der Waals surface area (Å²) in [6.45, 7) is 0. The van der Waals surface area contributed by atoms with Crippen LogP contribution in [0.5, 0.6) is 0 Å². The molecule has 4 aromatic rings. The number of hydrogen-bond donors (Lipinski definition) is 1. The molecule has 3 aromatic heterocycles. The number of pyridine rings is 1. The smallest absolute Gasteiger partial charge is 0.408 e. The van der Waals surface area contributed by atoms with E-state index in [1.54, 1.807) is 42.2 Å². The monoisotopic (exact) mass is 344 g/mol. The summed E-state index contributed by atoms with van der Waals surface area (Å²) in [5.74, 6) is -0.547. The van der Waals surface area contributed by atoms with Gasteiger partial charge in [-0.2, -0.15) is 0 Å². The Bertz CT molecular complexity index is 1230. The van der Waals surface area contributed by atoms with E-state index in [4.69, 9.17) is 4.42 Å². The van der Waals surface area contributed by atoms with Gasteiger partial charge in [0.1, 0.15) is 0 Å². The van der Waals surface area contributed by atoms with E-state index in [1.807, 2.05) is 0 Å². The Morgan fingerprint density at radius 1 is 1.21 bits per heavy atom. The first kappa shape index (κ1) is 14.5. The lowest BCUT2D eigenvalue weighted by molar-refractivity contribution is 0.527. The molecule has 0 atom stereocenters. The minimum atomic E-state index is -3.85. The van der Waals surface area contributed by atoms with Crippen molar-refractivity contribution >= 4 is 32.5 Å². The van der Waals surface area contributed by atoms with Gasteiger partial charge >= 0.3 is 5.76 Å². The third kappa shape index (κ3) is 2.17. The molecule has 0 aliphatic heterocycles. The van der Waals surface area contributed by atoms with Crippen LogP contribution in [0.4, 0.5) is 5.69 Å². The molecule has 1 N–H and O–H groups in total. The maximum Gasteiger partial charge on any atom is 0.419 e. The van der Waals surface area contributed by atoms with Gasteiger partial charge in [0, 0.05) is 31.7 Å². The van der Waals surface area contributed by atoms with Gasteiger partial charge < -0.3 is 8.82 Å². The Labute approximate surface area is 136 Å². The zero-order valence-corrected chi connectivity index (χ0v) is 13.3. The van der Waals surface area contributed by atoms with Crippen molar-refractivity contribution in [2.75, 3.05) is 4.72 Å². The molecule has 0 aliphatic rings. The van der Waals surface area contributed by atoms with Crippen LogP contribution in [0.25, 0.3) is 16.7 Å². The van der Waals surface area contributed by atoms with Crippen molar-refractivity contribution in [1.82, 2.24) is 14.0 Å². The summed E-state index contributed by atoms with van der Waals surface area (Å²) in [6.07, 6.45) is 5.07. The lowest BCUT2D eigenvalue weighted by Crippen LogP contribution is -2.13. The average Bonchev–Trinajstić information content (AvgIpc) is 3.13. The first-order valence-electron chi connectivity index (χ1n) is 7.00. The quantitative estimate of drug-likeness (QED) is 0.608. The summed E-state index contributed by atoms with van der Waals surface area (Å²) < 4.78 is 35.8. The SMILES string of the molecule is Cn1c(=O)oc2cc(S(=O)(=O)Nc3cccn4ccnc34)ccc21. The topological polar surface area (TPSA) is 98.6 Å². The number of oxazole rings is 1. The van der Waals surface area contributed by atoms with Gasteiger partial charge in [-0.25, -0.2) is 18.2 Å². The largest absolute Gasteiger partial charge is 0.419 e. The predicted octanol–water partition coefficient (Wildman–Crippen LogP) is 1.58. The highest BCUT2D eigenvalue weighted by Gasteiger charge is 2.18. The molecule has 9 heteroatoms. The highest BCUT2D eigenvalue weighted by molar-refractivity contribution is 7.92. The number of rotatable bonds is 3. The van der Waals surface area contributed by atoms with Gasteiger partial charge in [-0.3, -0.25) is 9.29 Å². The van der Waals surface area contributed by atoms with Gasteiger partial charge in [-0.1, -0.05) is 0 Å². The Morgan fingerprint density at radius 2 is 2.04 bits per heavy atom. The second kappa shape index (κ2) is 4.96. The maximum atomic E-state index is 12.6. The van der Waals surface area contributed by atoms with E-state index in [0.29, 0.717) is 16.9 Å². The molecule has 0 radical (unpaired) electrons. The molecule has 0 unspecified atom stereocenters. The van der Waals surface area contributed by atoms with Crippen molar-refractivity contribution in [3.05, 3.63) is 59.5 Å². The van der Waals surface area contributed by atoms with Crippen LogP contribution in [-0.2, 0) is 17.1 Å². The van der Waals surface area contributed by atoms with Gasteiger partial charge in [0.15, 0.2) is 11.2 Å². The van der Waals surface area contributed by atoms with Crippen LogP contribution in [0.1, 0.15) is 0 Å². The fraction of sp³-hybridized carbons (Fsp3) is 0.0667. The van der Waals surface area contributed by atoms with Crippen LogP contribution in [-0.4, -0.2) is 22.4 Å². The molecule has 0 amide bonds. The first-order valence-corrected chi connectivity index (χ1v) is 8.48. The second-order valence-corrected chi connectivity index (χ2v) is 6.92. The number of aromatic nitrogens is 3. The van der Waals surface area contributed by atoms with E-state index < -0.39 is 15.8 Å². The van der Waals surface area contributed by atoms with E-state index >= 15 is 0 Å². The Morgan fingerprint density at radius 3 is 2.88 bits per heavy atom. The van der Waals surface area contributed by atoms with E-state index in [-0.39, 0.29) is 10.5 Å². The van der Waals surface area contributed by atoms with Crippen LogP contribution in [0.2, 0.25) is 0 Å². The van der Waals surface area contributed by atoms with Crippen LogP contribution in [0.3, 0.4) is 0 Å². The zero-order chi connectivity index (χ0) is 16.9. The fourth-order valence-corrected chi connectivity index (χ4v) is 3.59. The van der Waals surface area contributed by atoms with Crippen molar-refractivity contribution in [3.8, 4) is 0 Å². The Balaban J connectivity index is 1.80. The number of nitrogens with one attached hydrogen (secondary N) is 1. The van der Waals surface area contributed by atoms with Crippen LogP contribution in [0, 0.1) is 0 Å². The molecule has 122 valence electrons. The van der Waals surface area contributed by atoms with Crippen molar-refractivity contribution in [1.29, 1.82) is 0 Å². The Kier molecular flexibility index (Phi) is 3.00. The number of benzene rings is 1. The third-order valence-electron chi connectivity index (χ3n) is 3.74. The number of fused-ring (bicyclic) bond motifs is 2. The Hall–Kier alpha value is -3.07. The summed E-state index contributed by atoms with van der Waals surface area (Å²) >= 11 is 0. The molecule has 8 nitrogen and oxygen atoms in total. The fourth-order valence-electron chi connectivity index (χ4n) is 2.51. The normalized spacial score (nSPS) is 12.0. The third-order valence-corrected chi connectivity index (χ3v) is 5.10. The first-order chi connectivity index (χ1) is 11.5. The highest BCUT2D eigenvalue weighted by Crippen LogP contribution is 2.22. The maximum absolute atomic E-state index is 12.6. The van der Waals surface area contributed by atoms with E-state index in [9.17, 15) is 13.2 Å². The van der Waals surface area contributed by atoms with Gasteiger partial charge in [0.05, 0.1) is 16.1 Å². The summed E-state index contributed by atoms with van der Waals surface area (Å²) in [6, 6.07) is 7.62. The minimum Gasteiger partial charge on any atom is -0.408 e. The number of imidazole rings is 1. The molecular formula is C15H12N4O4S. The number of nitrogens with zero attached hydrogens (tertiary/aromatic N) is 3. The summed E-state index contributed by atoms with van der Waals surface area (Å²) in [7, 11) is -2.30. The van der Waals surface area contributed by atoms with Gasteiger partial charge in [0.25, 0.3) is 10.0 Å². The standard InChI is InChI=1S/C15H12N4O4S/c1-18-12-5-4-10(9-13(12)23-15(18)20)24(21,22)17-11-3-2-7-19-8-6-16-14(11)19/h2-9,17H,1H3. The summed E-state index contributed by atoms with van der Waals surface area (Å²) in [5, 5.41) is 0. The molecule has 1 aromatic carbocycles. The predicted molar refractivity (Wildman–Crippen MR) is 87.5 cm³/mol. The van der Waals surface area contributed by atoms with Crippen molar-refractivity contribution in [2.45, 2.75) is 4.90 Å². The molecule has 0 aliphatic carbocycles. The molecule has 0 spiro atoms. The molecule has 0 saturated carbocycles. The van der Waals surface area contributed by atoms with Gasteiger partial charge in [0.2, 0.25) is 0 Å². The molecule has 24 heavy (non-hydrogen) atoms. The highest BCUT2D eigenvalue weighted by atomic mass is 32.2. The zero-order valence-electron chi connectivity index (χ0n) is 12.5. The second-order valence-electron chi connectivity index (χ2n) is 5.24. The average molecular weight is 344 g/mol. The molecule has 0 bridgehead atoms. The van der Waals surface area contributed by atoms with E-state index in [1.165, 1.54) is 22.8 Å². The molecule has 3 heterocycles. The molecule has 0 fully saturated rings. The van der Waals surface area contributed by atoms with Crippen LogP contribution >= 0.6 is 0 Å². The van der Waals surface area contributed by atoms with Gasteiger partial charge in [-0.15, -0.1) is 0 Å². The summed E-state index contributed by atoms with van der Waals surface area (Å²) in [4.78, 5) is 15.7. The van der Waals surface area contributed by atoms with Crippen molar-refractivity contribution in [3.63, 3.8) is 0 Å². The van der Waals surface area contributed by atoms with Crippen molar-refractivity contribution in [2.24, 2.45) is 7.05 Å². The lowest BCUT2D eigenvalue weighted by atomic mass is 10.3. The van der Waals surface area contributed by atoms with Crippen molar-refractivity contribution < 1.29 is 12.8 Å². The summed E-state index contributed by atoms with van der Waals surface area (Å²) in [5.41, 5.74) is 1.59. The van der Waals surface area contributed by atoms with Crippen LogP contribution < -0.4 is 10.5 Å². The minimum absolute atomic E-state index is 0.00194. The number of aryl methyl sites for hydroxylation is 1. The molecule has 0 saturated heterocycles. The number of hydrogen-bond acceptors (Lipinski definition) is 5. The number of anilines is 1.